The van der Waals surface area contributed by atoms with Crippen LogP contribution in [0.15, 0.2) is 66.7 Å². The van der Waals surface area contributed by atoms with Gasteiger partial charge in [0.1, 0.15) is 11.4 Å². The topological polar surface area (TPSA) is 58.2 Å². The SMILES string of the molecule is COc1ccc2[nH]c(C(=O)N(Cc3ccccc3)Cc3cccc(C)n3)c(C)c2c1. The van der Waals surface area contributed by atoms with Crippen molar-refractivity contribution in [2.24, 2.45) is 0 Å². The Morgan fingerprint density at radius 3 is 2.53 bits per heavy atom. The number of ether oxygens (including phenoxy) is 1. The van der Waals surface area contributed by atoms with Gasteiger partial charge in [-0.1, -0.05) is 36.4 Å². The Labute approximate surface area is 176 Å². The van der Waals surface area contributed by atoms with Gasteiger partial charge in [0, 0.05) is 23.1 Å². The zero-order valence-electron chi connectivity index (χ0n) is 17.5. The third-order valence-electron chi connectivity index (χ3n) is 5.28. The lowest BCUT2D eigenvalue weighted by Gasteiger charge is -2.23. The van der Waals surface area contributed by atoms with E-state index in [0.717, 1.165) is 39.2 Å². The first-order valence-corrected chi connectivity index (χ1v) is 9.97. The maximum absolute atomic E-state index is 13.6. The van der Waals surface area contributed by atoms with Crippen LogP contribution in [0.1, 0.15) is 33.0 Å². The van der Waals surface area contributed by atoms with Crippen molar-refractivity contribution >= 4 is 16.8 Å². The second-order valence-corrected chi connectivity index (χ2v) is 7.45. The molecule has 1 amide bonds. The van der Waals surface area contributed by atoms with Gasteiger partial charge in [0.05, 0.1) is 19.3 Å². The molecule has 0 saturated carbocycles. The average molecular weight is 399 g/mol. The summed E-state index contributed by atoms with van der Waals surface area (Å²) in [6.45, 7) is 4.88. The Kier molecular flexibility index (Phi) is 5.53. The highest BCUT2D eigenvalue weighted by molar-refractivity contribution is 6.01. The Hall–Kier alpha value is -3.60. The van der Waals surface area contributed by atoms with E-state index in [2.05, 4.69) is 9.97 Å². The van der Waals surface area contributed by atoms with Crippen molar-refractivity contribution in [3.8, 4) is 5.75 Å². The first-order chi connectivity index (χ1) is 14.5. The smallest absolute Gasteiger partial charge is 0.271 e. The number of carbonyl (C=O) groups excluding carboxylic acids is 1. The van der Waals surface area contributed by atoms with Crippen LogP contribution in [0.2, 0.25) is 0 Å². The number of H-pyrrole nitrogens is 1. The summed E-state index contributed by atoms with van der Waals surface area (Å²) < 4.78 is 5.35. The molecule has 2 heterocycles. The Morgan fingerprint density at radius 2 is 1.80 bits per heavy atom. The molecule has 1 N–H and O–H groups in total. The zero-order valence-corrected chi connectivity index (χ0v) is 17.5. The number of carbonyl (C=O) groups is 1. The van der Waals surface area contributed by atoms with Crippen LogP contribution in [0.5, 0.6) is 5.75 Å². The molecule has 0 unspecified atom stereocenters. The Bertz CT molecular complexity index is 1180. The summed E-state index contributed by atoms with van der Waals surface area (Å²) >= 11 is 0. The number of hydrogen-bond acceptors (Lipinski definition) is 3. The third-order valence-corrected chi connectivity index (χ3v) is 5.28. The predicted molar refractivity (Wildman–Crippen MR) is 119 cm³/mol. The minimum Gasteiger partial charge on any atom is -0.497 e. The largest absolute Gasteiger partial charge is 0.497 e. The van der Waals surface area contributed by atoms with Gasteiger partial charge in [-0.25, -0.2) is 0 Å². The molecule has 2 aromatic heterocycles. The lowest BCUT2D eigenvalue weighted by Crippen LogP contribution is -2.31. The number of methoxy groups -OCH3 is 1. The summed E-state index contributed by atoms with van der Waals surface area (Å²) in [5, 5.41) is 0.992. The number of pyridine rings is 1. The van der Waals surface area contributed by atoms with Crippen molar-refractivity contribution in [3.05, 3.63) is 94.9 Å². The molecule has 0 aliphatic carbocycles. The van der Waals surface area contributed by atoms with Crippen LogP contribution >= 0.6 is 0 Å². The first kappa shape index (κ1) is 19.7. The average Bonchev–Trinajstić information content (AvgIpc) is 3.09. The van der Waals surface area contributed by atoms with Crippen LogP contribution in [0.3, 0.4) is 0 Å². The van der Waals surface area contributed by atoms with E-state index < -0.39 is 0 Å². The molecule has 30 heavy (non-hydrogen) atoms. The van der Waals surface area contributed by atoms with E-state index in [-0.39, 0.29) is 5.91 Å². The van der Waals surface area contributed by atoms with Crippen molar-refractivity contribution < 1.29 is 9.53 Å². The summed E-state index contributed by atoms with van der Waals surface area (Å²) in [6, 6.07) is 21.7. The highest BCUT2D eigenvalue weighted by Gasteiger charge is 2.22. The molecule has 4 rings (SSSR count). The number of aryl methyl sites for hydroxylation is 2. The number of benzene rings is 2. The maximum atomic E-state index is 13.6. The van der Waals surface area contributed by atoms with Crippen LogP contribution in [-0.2, 0) is 13.1 Å². The van der Waals surface area contributed by atoms with Gasteiger partial charge in [-0.15, -0.1) is 0 Å². The van der Waals surface area contributed by atoms with Gasteiger partial charge in [-0.3, -0.25) is 9.78 Å². The van der Waals surface area contributed by atoms with Crippen molar-refractivity contribution in [1.29, 1.82) is 0 Å². The molecule has 5 nitrogen and oxygen atoms in total. The van der Waals surface area contributed by atoms with E-state index in [9.17, 15) is 4.79 Å². The van der Waals surface area contributed by atoms with Crippen molar-refractivity contribution in [3.63, 3.8) is 0 Å². The fourth-order valence-corrected chi connectivity index (χ4v) is 3.69. The van der Waals surface area contributed by atoms with Gasteiger partial charge in [-0.05, 0) is 55.3 Å². The fraction of sp³-hybridized carbons (Fsp3) is 0.200. The Balaban J connectivity index is 1.71. The van der Waals surface area contributed by atoms with Crippen LogP contribution in [0.4, 0.5) is 0 Å². The summed E-state index contributed by atoms with van der Waals surface area (Å²) in [4.78, 5) is 23.4. The van der Waals surface area contributed by atoms with Crippen molar-refractivity contribution in [2.45, 2.75) is 26.9 Å². The van der Waals surface area contributed by atoms with Crippen molar-refractivity contribution in [1.82, 2.24) is 14.9 Å². The van der Waals surface area contributed by atoms with Gasteiger partial charge in [0.15, 0.2) is 0 Å². The summed E-state index contributed by atoms with van der Waals surface area (Å²) in [5.74, 6) is 0.725. The molecule has 0 atom stereocenters. The van der Waals surface area contributed by atoms with E-state index in [4.69, 9.17) is 4.74 Å². The van der Waals surface area contributed by atoms with Gasteiger partial charge in [-0.2, -0.15) is 0 Å². The minimum atomic E-state index is -0.0465. The standard InChI is InChI=1S/C25H25N3O2/c1-17-8-7-11-20(26-17)16-28(15-19-9-5-4-6-10-19)25(29)24-18(2)22-14-21(30-3)12-13-23(22)27-24/h4-14,27H,15-16H2,1-3H3. The fourth-order valence-electron chi connectivity index (χ4n) is 3.69. The first-order valence-electron chi connectivity index (χ1n) is 9.97. The highest BCUT2D eigenvalue weighted by Crippen LogP contribution is 2.27. The monoisotopic (exact) mass is 399 g/mol. The summed E-state index contributed by atoms with van der Waals surface area (Å²) in [5.41, 5.74) is 5.33. The summed E-state index contributed by atoms with van der Waals surface area (Å²) in [6.07, 6.45) is 0. The second kappa shape index (κ2) is 8.41. The molecule has 4 aromatic rings. The molecule has 0 spiro atoms. The van der Waals surface area contributed by atoms with Gasteiger partial charge < -0.3 is 14.6 Å². The number of amides is 1. The van der Waals surface area contributed by atoms with Crippen LogP contribution < -0.4 is 4.74 Å². The number of fused-ring (bicyclic) bond motifs is 1. The molecule has 0 radical (unpaired) electrons. The molecule has 0 aliphatic rings. The van der Waals surface area contributed by atoms with Gasteiger partial charge >= 0.3 is 0 Å². The number of rotatable bonds is 6. The lowest BCUT2D eigenvalue weighted by molar-refractivity contribution is 0.0722. The van der Waals surface area contributed by atoms with Crippen molar-refractivity contribution in [2.75, 3.05) is 7.11 Å². The normalized spacial score (nSPS) is 10.9. The zero-order chi connectivity index (χ0) is 21.1. The minimum absolute atomic E-state index is 0.0465. The van der Waals surface area contributed by atoms with E-state index in [1.807, 2.05) is 85.5 Å². The Morgan fingerprint density at radius 1 is 1.00 bits per heavy atom. The molecule has 0 aliphatic heterocycles. The molecule has 152 valence electrons. The quantitative estimate of drug-likeness (QED) is 0.495. The molecule has 5 heteroatoms. The number of nitrogens with one attached hydrogen (secondary N) is 1. The molecular weight excluding hydrogens is 374 g/mol. The molecule has 0 bridgehead atoms. The van der Waals surface area contributed by atoms with Crippen LogP contribution in [0.25, 0.3) is 10.9 Å². The number of nitrogens with zero attached hydrogens (tertiary/aromatic N) is 2. The van der Waals surface area contributed by atoms with Gasteiger partial charge in [0.25, 0.3) is 5.91 Å². The van der Waals surface area contributed by atoms with E-state index in [1.54, 1.807) is 7.11 Å². The van der Waals surface area contributed by atoms with E-state index >= 15 is 0 Å². The number of aromatic nitrogens is 2. The third kappa shape index (κ3) is 4.06. The molecule has 0 saturated heterocycles. The van der Waals surface area contributed by atoms with Crippen LogP contribution in [-0.4, -0.2) is 27.9 Å². The highest BCUT2D eigenvalue weighted by atomic mass is 16.5. The lowest BCUT2D eigenvalue weighted by atomic mass is 10.1. The predicted octanol–water partition coefficient (Wildman–Crippen LogP) is 5.03. The second-order valence-electron chi connectivity index (χ2n) is 7.45. The van der Waals surface area contributed by atoms with E-state index in [0.29, 0.717) is 18.8 Å². The molecule has 0 fully saturated rings. The maximum Gasteiger partial charge on any atom is 0.271 e. The molecule has 2 aromatic carbocycles. The summed E-state index contributed by atoms with van der Waals surface area (Å²) in [7, 11) is 1.64. The number of aromatic amines is 1. The van der Waals surface area contributed by atoms with Gasteiger partial charge in [0.2, 0.25) is 0 Å². The number of hydrogen-bond donors (Lipinski definition) is 1. The van der Waals surface area contributed by atoms with Crippen LogP contribution in [0, 0.1) is 13.8 Å². The van der Waals surface area contributed by atoms with E-state index in [1.165, 1.54) is 0 Å². The molecular formula is C25H25N3O2.